The maximum atomic E-state index is 13.4. The van der Waals surface area contributed by atoms with Gasteiger partial charge in [-0.25, -0.2) is 0 Å². The summed E-state index contributed by atoms with van der Waals surface area (Å²) in [6.07, 6.45) is 11.8. The third kappa shape index (κ3) is 4.84. The molecule has 49 heavy (non-hydrogen) atoms. The predicted octanol–water partition coefficient (Wildman–Crippen LogP) is 6.08. The molecule has 2 saturated heterocycles. The van der Waals surface area contributed by atoms with Gasteiger partial charge in [0, 0.05) is 17.9 Å². The zero-order chi connectivity index (χ0) is 34.9. The van der Waals surface area contributed by atoms with Crippen molar-refractivity contribution >= 4 is 5.91 Å². The first-order valence-electron chi connectivity index (χ1n) is 20.3. The van der Waals surface area contributed by atoms with Crippen molar-refractivity contribution in [2.24, 2.45) is 56.7 Å². The first-order chi connectivity index (χ1) is 23.0. The Kier molecular flexibility index (Phi) is 8.36. The van der Waals surface area contributed by atoms with Crippen molar-refractivity contribution in [1.29, 1.82) is 0 Å². The lowest BCUT2D eigenvalue weighted by molar-refractivity contribution is -0.248. The van der Waals surface area contributed by atoms with Gasteiger partial charge >= 0.3 is 0 Å². The Bertz CT molecular complexity index is 1290. The third-order valence-electron chi connectivity index (χ3n) is 17.5. The van der Waals surface area contributed by atoms with Crippen molar-refractivity contribution in [1.82, 2.24) is 4.90 Å². The molecule has 0 aromatic heterocycles. The first-order valence-corrected chi connectivity index (χ1v) is 20.3. The normalized spacial score (nSPS) is 51.5. The van der Waals surface area contributed by atoms with Gasteiger partial charge < -0.3 is 34.4 Å². The van der Waals surface area contributed by atoms with E-state index in [1.165, 1.54) is 38.5 Å². The summed E-state index contributed by atoms with van der Waals surface area (Å²) in [6.45, 7) is 17.1. The summed E-state index contributed by atoms with van der Waals surface area (Å²) in [6, 6.07) is 0. The Balaban J connectivity index is 0.993. The van der Waals surface area contributed by atoms with Crippen LogP contribution in [-0.2, 0) is 19.0 Å². The summed E-state index contributed by atoms with van der Waals surface area (Å²) in [4.78, 5) is 15.4. The lowest BCUT2D eigenvalue weighted by Gasteiger charge is -2.64. The molecule has 2 heterocycles. The molecule has 8 fully saturated rings. The van der Waals surface area contributed by atoms with Gasteiger partial charge in [0.1, 0.15) is 6.10 Å². The highest BCUT2D eigenvalue weighted by molar-refractivity contribution is 5.79. The predicted molar refractivity (Wildman–Crippen MR) is 186 cm³/mol. The fraction of sp³-hybridized carbons (Fsp3) is 0.976. The molecule has 8 nitrogen and oxygen atoms in total. The quantitative estimate of drug-likeness (QED) is 0.322. The van der Waals surface area contributed by atoms with E-state index in [0.717, 1.165) is 38.5 Å². The van der Waals surface area contributed by atoms with E-state index < -0.39 is 23.9 Å². The zero-order valence-electron chi connectivity index (χ0n) is 31.6. The second kappa shape index (κ2) is 11.6. The summed E-state index contributed by atoms with van der Waals surface area (Å²) >= 11 is 0. The Hall–Kier alpha value is -0.770. The lowest BCUT2D eigenvalue weighted by atomic mass is 9.41. The molecule has 0 bridgehead atoms. The van der Waals surface area contributed by atoms with Crippen molar-refractivity contribution in [2.75, 3.05) is 19.7 Å². The second-order valence-electron chi connectivity index (χ2n) is 20.2. The molecule has 8 aliphatic rings. The number of nitrogens with zero attached hydrogens (tertiary/aromatic N) is 1. The summed E-state index contributed by atoms with van der Waals surface area (Å²) < 4.78 is 19.8. The van der Waals surface area contributed by atoms with Crippen LogP contribution in [0.3, 0.4) is 0 Å². The van der Waals surface area contributed by atoms with Gasteiger partial charge in [0.2, 0.25) is 5.91 Å². The summed E-state index contributed by atoms with van der Waals surface area (Å²) in [5.41, 5.74) is -1.02. The Morgan fingerprint density at radius 1 is 0.959 bits per heavy atom. The van der Waals surface area contributed by atoms with E-state index in [-0.39, 0.29) is 52.0 Å². The van der Waals surface area contributed by atoms with Gasteiger partial charge in [-0.2, -0.15) is 0 Å². The van der Waals surface area contributed by atoms with Crippen LogP contribution in [0.25, 0.3) is 0 Å². The second-order valence-corrected chi connectivity index (χ2v) is 20.2. The number of rotatable bonds is 5. The number of carbonyl (C=O) groups excluding carboxylic acids is 1. The maximum Gasteiger partial charge on any atom is 0.225 e. The van der Waals surface area contributed by atoms with Crippen LogP contribution in [0.1, 0.15) is 132 Å². The Labute approximate surface area is 295 Å². The molecule has 0 radical (unpaired) electrons. The molecule has 14 atom stereocenters. The molecule has 3 N–H and O–H groups in total. The minimum atomic E-state index is -1.26. The lowest BCUT2D eigenvalue weighted by Crippen LogP contribution is -2.60. The number of amides is 1. The Morgan fingerprint density at radius 2 is 1.65 bits per heavy atom. The molecule has 0 aromatic rings. The number of carbonyl (C=O) groups is 1. The average molecular weight is 686 g/mol. The van der Waals surface area contributed by atoms with Gasteiger partial charge in [-0.3, -0.25) is 4.79 Å². The summed E-state index contributed by atoms with van der Waals surface area (Å²) in [5.74, 6) is 2.03. The van der Waals surface area contributed by atoms with E-state index in [0.29, 0.717) is 55.2 Å². The van der Waals surface area contributed by atoms with E-state index in [2.05, 4.69) is 34.6 Å². The van der Waals surface area contributed by atoms with Crippen LogP contribution >= 0.6 is 0 Å². The van der Waals surface area contributed by atoms with Crippen LogP contribution in [0.2, 0.25) is 0 Å². The number of hydrogen-bond acceptors (Lipinski definition) is 7. The highest BCUT2D eigenvalue weighted by atomic mass is 16.7. The van der Waals surface area contributed by atoms with E-state index in [1.54, 1.807) is 13.8 Å². The van der Waals surface area contributed by atoms with E-state index in [4.69, 9.17) is 14.2 Å². The van der Waals surface area contributed by atoms with Gasteiger partial charge in [0.15, 0.2) is 6.29 Å². The third-order valence-corrected chi connectivity index (χ3v) is 17.5. The van der Waals surface area contributed by atoms with E-state index in [1.807, 2.05) is 4.90 Å². The smallest absolute Gasteiger partial charge is 0.225 e. The number of hydrogen-bond donors (Lipinski definition) is 3. The van der Waals surface area contributed by atoms with Crippen molar-refractivity contribution < 1.29 is 34.3 Å². The van der Waals surface area contributed by atoms with Crippen LogP contribution < -0.4 is 0 Å². The number of fused-ring (bicyclic) bond motifs is 4. The molecule has 2 spiro atoms. The van der Waals surface area contributed by atoms with Gasteiger partial charge in [0.05, 0.1) is 43.2 Å². The average Bonchev–Trinajstić information content (AvgIpc) is 3.70. The first kappa shape index (κ1) is 35.3. The number of aliphatic hydroxyl groups excluding tert-OH is 2. The molecule has 8 heteroatoms. The van der Waals surface area contributed by atoms with Gasteiger partial charge in [-0.05, 0) is 123 Å². The molecule has 278 valence electrons. The number of ether oxygens (including phenoxy) is 3. The number of aliphatic hydroxyl groups is 3. The molecular formula is C41H67NO7. The van der Waals surface area contributed by atoms with Crippen LogP contribution in [0.4, 0.5) is 0 Å². The number of morpholine rings is 1. The topological polar surface area (TPSA) is 109 Å². The molecular weight excluding hydrogens is 618 g/mol. The van der Waals surface area contributed by atoms with Gasteiger partial charge in [-0.15, -0.1) is 0 Å². The maximum absolute atomic E-state index is 13.4. The molecule has 6 saturated carbocycles. The summed E-state index contributed by atoms with van der Waals surface area (Å²) in [5, 5.41) is 34.2. The largest absolute Gasteiger partial charge is 0.390 e. The Morgan fingerprint density at radius 3 is 2.37 bits per heavy atom. The monoisotopic (exact) mass is 685 g/mol. The minimum Gasteiger partial charge on any atom is -0.390 e. The van der Waals surface area contributed by atoms with Crippen molar-refractivity contribution in [3.05, 3.63) is 0 Å². The van der Waals surface area contributed by atoms with Gasteiger partial charge in [0.25, 0.3) is 0 Å². The molecule has 1 amide bonds. The molecule has 0 aromatic carbocycles. The van der Waals surface area contributed by atoms with Crippen molar-refractivity contribution in [3.8, 4) is 0 Å². The van der Waals surface area contributed by atoms with Crippen molar-refractivity contribution in [3.63, 3.8) is 0 Å². The highest BCUT2D eigenvalue weighted by Gasteiger charge is 2.84. The fourth-order valence-corrected chi connectivity index (χ4v) is 14.9. The fourth-order valence-electron chi connectivity index (χ4n) is 14.9. The van der Waals surface area contributed by atoms with Crippen molar-refractivity contribution in [2.45, 2.75) is 174 Å². The SMILES string of the molecule is C[C@@H]1C[C@H]([C@H](O)C(C)(C)O)O[C@H]2C1[C@@]1(C)CC[C@@]34CC35CCC(OC3CN(C(=O)C6CCCCC6)CCO3)C(C)(C)[C@@H]5CC[C@H]4[C@]1(C)[C@H]2O. The minimum absolute atomic E-state index is 0.00620. The molecule has 6 aliphatic carbocycles. The van der Waals surface area contributed by atoms with Crippen LogP contribution in [0.5, 0.6) is 0 Å². The van der Waals surface area contributed by atoms with E-state index in [9.17, 15) is 20.1 Å². The summed E-state index contributed by atoms with van der Waals surface area (Å²) in [7, 11) is 0. The zero-order valence-corrected chi connectivity index (χ0v) is 31.6. The standard InChI is InChI=1S/C41H67NO7/c1-24-21-26(33(43)37(4,5)46)48-32-31(24)38(6)17-18-41-23-40(41)16-15-29(36(2,3)27(40)13-14-28(41)39(38,7)34(32)44)49-30-22-42(19-20-47-30)35(45)25-11-9-8-10-12-25/h24-34,43-44,46H,8-23H2,1-7H3/t24-,26-,27+,28+,29?,30?,31?,32+,33+,34+,38-,39-,40?,41+/m1/s1. The molecule has 4 unspecified atom stereocenters. The van der Waals surface area contributed by atoms with Crippen LogP contribution in [-0.4, -0.2) is 88.2 Å². The highest BCUT2D eigenvalue weighted by Crippen LogP contribution is 2.89. The van der Waals surface area contributed by atoms with E-state index >= 15 is 0 Å². The van der Waals surface area contributed by atoms with Gasteiger partial charge in [-0.1, -0.05) is 53.9 Å². The molecule has 2 aliphatic heterocycles. The molecule has 8 rings (SSSR count). The van der Waals surface area contributed by atoms with Crippen LogP contribution in [0.15, 0.2) is 0 Å². The van der Waals surface area contributed by atoms with Crippen LogP contribution in [0, 0.1) is 56.7 Å².